The minimum Gasteiger partial charge on any atom is -0.462 e. The van der Waals surface area contributed by atoms with E-state index in [1.807, 2.05) is 0 Å². The molecule has 2 atom stereocenters. The van der Waals surface area contributed by atoms with Crippen molar-refractivity contribution >= 4 is 11.8 Å². The first-order valence-electron chi connectivity index (χ1n) is 5.93. The molecule has 0 radical (unpaired) electrons. The lowest BCUT2D eigenvalue weighted by molar-refractivity contribution is -0.154. The number of hydrogen-bond acceptors (Lipinski definition) is 3. The number of ether oxygens (including phenoxy) is 1. The van der Waals surface area contributed by atoms with E-state index >= 15 is 0 Å². The van der Waals surface area contributed by atoms with Gasteiger partial charge in [-0.15, -0.1) is 0 Å². The van der Waals surface area contributed by atoms with Gasteiger partial charge in [-0.2, -0.15) is 0 Å². The van der Waals surface area contributed by atoms with Crippen LogP contribution in [-0.2, 0) is 14.3 Å². The normalized spacial score (nSPS) is 34.0. The van der Waals surface area contributed by atoms with Crippen LogP contribution in [0.4, 0.5) is 0 Å². The van der Waals surface area contributed by atoms with Crippen LogP contribution in [0.2, 0.25) is 0 Å². The zero-order valence-electron chi connectivity index (χ0n) is 9.91. The van der Waals surface area contributed by atoms with Crippen LogP contribution in [0.1, 0.15) is 46.0 Å². The Morgan fingerprint density at radius 1 is 1.50 bits per heavy atom. The number of carbonyl (C=O) groups excluding carboxylic acids is 2. The van der Waals surface area contributed by atoms with Gasteiger partial charge in [0.25, 0.3) is 0 Å². The molecule has 0 bridgehead atoms. The highest BCUT2D eigenvalue weighted by Gasteiger charge is 2.44. The van der Waals surface area contributed by atoms with Crippen LogP contribution < -0.4 is 0 Å². The highest BCUT2D eigenvalue weighted by Crippen LogP contribution is 2.47. The Morgan fingerprint density at radius 3 is 2.94 bits per heavy atom. The molecule has 88 valence electrons. The van der Waals surface area contributed by atoms with Crippen LogP contribution in [0.3, 0.4) is 0 Å². The SMILES string of the molecule is CC(=O)O[C@@H]1CCCC2=CC(=O)CC[C@@]21C. The van der Waals surface area contributed by atoms with Crippen LogP contribution in [0.25, 0.3) is 0 Å². The van der Waals surface area contributed by atoms with E-state index in [9.17, 15) is 9.59 Å². The Hall–Kier alpha value is -1.12. The van der Waals surface area contributed by atoms with E-state index in [2.05, 4.69) is 6.92 Å². The van der Waals surface area contributed by atoms with Crippen molar-refractivity contribution in [3.05, 3.63) is 11.6 Å². The number of fused-ring (bicyclic) bond motifs is 1. The van der Waals surface area contributed by atoms with E-state index in [0.717, 1.165) is 25.7 Å². The summed E-state index contributed by atoms with van der Waals surface area (Å²) in [4.78, 5) is 22.5. The molecule has 2 aliphatic rings. The van der Waals surface area contributed by atoms with E-state index in [0.29, 0.717) is 6.42 Å². The van der Waals surface area contributed by atoms with Crippen molar-refractivity contribution in [3.63, 3.8) is 0 Å². The van der Waals surface area contributed by atoms with Crippen LogP contribution in [0.15, 0.2) is 11.6 Å². The van der Waals surface area contributed by atoms with Gasteiger partial charge in [0, 0.05) is 18.8 Å². The summed E-state index contributed by atoms with van der Waals surface area (Å²) in [7, 11) is 0. The number of hydrogen-bond donors (Lipinski definition) is 0. The largest absolute Gasteiger partial charge is 0.462 e. The minimum absolute atomic E-state index is 0.0434. The molecule has 0 spiro atoms. The Bertz CT molecular complexity index is 356. The molecule has 0 aromatic rings. The van der Waals surface area contributed by atoms with Gasteiger partial charge in [0.1, 0.15) is 6.10 Å². The molecule has 3 heteroatoms. The van der Waals surface area contributed by atoms with Crippen molar-refractivity contribution in [2.45, 2.75) is 52.1 Å². The average Bonchev–Trinajstić information content (AvgIpc) is 2.20. The summed E-state index contributed by atoms with van der Waals surface area (Å²) in [6.07, 6.45) is 6.03. The Labute approximate surface area is 95.9 Å². The summed E-state index contributed by atoms with van der Waals surface area (Å²) >= 11 is 0. The fourth-order valence-electron chi connectivity index (χ4n) is 2.89. The van der Waals surface area contributed by atoms with Gasteiger partial charge in [-0.1, -0.05) is 12.5 Å². The molecule has 0 N–H and O–H groups in total. The van der Waals surface area contributed by atoms with Gasteiger partial charge in [-0.25, -0.2) is 0 Å². The second kappa shape index (κ2) is 4.04. The molecule has 2 aliphatic carbocycles. The van der Waals surface area contributed by atoms with Gasteiger partial charge in [-0.05, 0) is 31.8 Å². The molecule has 0 heterocycles. The summed E-state index contributed by atoms with van der Waals surface area (Å²) in [5, 5.41) is 0. The molecule has 0 saturated heterocycles. The number of allylic oxidation sites excluding steroid dienone is 1. The lowest BCUT2D eigenvalue weighted by atomic mass is 9.64. The maximum absolute atomic E-state index is 11.4. The van der Waals surface area contributed by atoms with E-state index in [-0.39, 0.29) is 23.3 Å². The Balaban J connectivity index is 2.26. The van der Waals surface area contributed by atoms with Gasteiger partial charge < -0.3 is 4.74 Å². The summed E-state index contributed by atoms with van der Waals surface area (Å²) in [5.74, 6) is 0.000301. The molecule has 2 rings (SSSR count). The monoisotopic (exact) mass is 222 g/mol. The van der Waals surface area contributed by atoms with E-state index in [4.69, 9.17) is 4.74 Å². The lowest BCUT2D eigenvalue weighted by Gasteiger charge is -2.44. The number of esters is 1. The molecule has 0 aromatic heterocycles. The fourth-order valence-corrected chi connectivity index (χ4v) is 2.89. The molecule has 0 unspecified atom stereocenters. The van der Waals surface area contributed by atoms with E-state index in [1.165, 1.54) is 12.5 Å². The van der Waals surface area contributed by atoms with Crippen LogP contribution >= 0.6 is 0 Å². The maximum atomic E-state index is 11.4. The van der Waals surface area contributed by atoms with Crippen LogP contribution in [0, 0.1) is 5.41 Å². The van der Waals surface area contributed by atoms with Crippen LogP contribution in [0.5, 0.6) is 0 Å². The minimum atomic E-state index is -0.218. The summed E-state index contributed by atoms with van der Waals surface area (Å²) in [6.45, 7) is 3.58. The lowest BCUT2D eigenvalue weighted by Crippen LogP contribution is -2.42. The van der Waals surface area contributed by atoms with Crippen molar-refractivity contribution in [3.8, 4) is 0 Å². The second-order valence-electron chi connectivity index (χ2n) is 5.04. The Kier molecular flexibility index (Phi) is 2.87. The smallest absolute Gasteiger partial charge is 0.302 e. The molecule has 0 amide bonds. The zero-order chi connectivity index (χ0) is 11.8. The molecule has 3 nitrogen and oxygen atoms in total. The highest BCUT2D eigenvalue weighted by molar-refractivity contribution is 5.91. The fraction of sp³-hybridized carbons (Fsp3) is 0.692. The van der Waals surface area contributed by atoms with Crippen LogP contribution in [-0.4, -0.2) is 17.9 Å². The average molecular weight is 222 g/mol. The third-order valence-electron chi connectivity index (χ3n) is 3.89. The standard InChI is InChI=1S/C13H18O3/c1-9(14)16-12-5-3-4-10-8-11(15)6-7-13(10,12)2/h8,12H,3-7H2,1-2H3/t12-,13+/m1/s1. The van der Waals surface area contributed by atoms with E-state index < -0.39 is 0 Å². The first kappa shape index (κ1) is 11.4. The molecule has 0 aliphatic heterocycles. The van der Waals surface area contributed by atoms with Gasteiger partial charge >= 0.3 is 5.97 Å². The molecular formula is C13H18O3. The zero-order valence-corrected chi connectivity index (χ0v) is 9.91. The third kappa shape index (κ3) is 1.91. The van der Waals surface area contributed by atoms with Crippen molar-refractivity contribution in [2.24, 2.45) is 5.41 Å². The quantitative estimate of drug-likeness (QED) is 0.640. The predicted molar refractivity (Wildman–Crippen MR) is 59.8 cm³/mol. The topological polar surface area (TPSA) is 43.4 Å². The highest BCUT2D eigenvalue weighted by atomic mass is 16.5. The second-order valence-corrected chi connectivity index (χ2v) is 5.04. The van der Waals surface area contributed by atoms with Gasteiger partial charge in [0.2, 0.25) is 0 Å². The van der Waals surface area contributed by atoms with Gasteiger partial charge in [0.05, 0.1) is 0 Å². The first-order valence-corrected chi connectivity index (χ1v) is 5.93. The van der Waals surface area contributed by atoms with Gasteiger partial charge in [-0.3, -0.25) is 9.59 Å². The van der Waals surface area contributed by atoms with Crippen molar-refractivity contribution in [1.82, 2.24) is 0 Å². The third-order valence-corrected chi connectivity index (χ3v) is 3.89. The van der Waals surface area contributed by atoms with Crippen molar-refractivity contribution < 1.29 is 14.3 Å². The van der Waals surface area contributed by atoms with Crippen molar-refractivity contribution in [2.75, 3.05) is 0 Å². The molecule has 1 fully saturated rings. The van der Waals surface area contributed by atoms with Crippen molar-refractivity contribution in [1.29, 1.82) is 0 Å². The number of carbonyl (C=O) groups is 2. The number of ketones is 1. The molecule has 16 heavy (non-hydrogen) atoms. The molecule has 0 aromatic carbocycles. The van der Waals surface area contributed by atoms with E-state index in [1.54, 1.807) is 6.08 Å². The number of rotatable bonds is 1. The maximum Gasteiger partial charge on any atom is 0.302 e. The van der Waals surface area contributed by atoms with Gasteiger partial charge in [0.15, 0.2) is 5.78 Å². The Morgan fingerprint density at radius 2 is 2.25 bits per heavy atom. The summed E-state index contributed by atoms with van der Waals surface area (Å²) in [6, 6.07) is 0. The predicted octanol–water partition coefficient (Wildman–Crippen LogP) is 2.40. The first-order chi connectivity index (χ1) is 7.52. The molecule has 1 saturated carbocycles. The molecular weight excluding hydrogens is 204 g/mol. The summed E-state index contributed by atoms with van der Waals surface area (Å²) in [5.41, 5.74) is 1.08. The summed E-state index contributed by atoms with van der Waals surface area (Å²) < 4.78 is 5.41.